The van der Waals surface area contributed by atoms with Crippen LogP contribution in [0.5, 0.6) is 0 Å². The van der Waals surface area contributed by atoms with Crippen molar-refractivity contribution in [2.45, 2.75) is 64.3 Å². The van der Waals surface area contributed by atoms with E-state index in [1.54, 1.807) is 6.92 Å². The Bertz CT molecular complexity index is 261. The molecule has 4 heteroatoms. The van der Waals surface area contributed by atoms with Gasteiger partial charge in [-0.15, -0.1) is 0 Å². The van der Waals surface area contributed by atoms with Crippen molar-refractivity contribution >= 4 is 5.91 Å². The lowest BCUT2D eigenvalue weighted by Crippen LogP contribution is -2.51. The van der Waals surface area contributed by atoms with E-state index in [0.717, 1.165) is 6.42 Å². The fourth-order valence-corrected chi connectivity index (χ4v) is 2.21. The molecule has 3 N–H and O–H groups in total. The summed E-state index contributed by atoms with van der Waals surface area (Å²) < 4.78 is 5.91. The summed E-state index contributed by atoms with van der Waals surface area (Å²) in [6.45, 7) is 9.97. The minimum Gasteiger partial charge on any atom is -0.368 e. The number of nitrogens with two attached hydrogens (primary N) is 1. The highest BCUT2D eigenvalue weighted by Gasteiger charge is 2.46. The lowest BCUT2D eigenvalue weighted by atomic mass is 9.94. The number of carbonyl (C=O) groups is 1. The van der Waals surface area contributed by atoms with Crippen molar-refractivity contribution < 1.29 is 9.53 Å². The fraction of sp³-hybridized carbons (Fsp3) is 0.909. The second-order valence-electron chi connectivity index (χ2n) is 5.51. The highest BCUT2D eigenvalue weighted by atomic mass is 16.5. The van der Waals surface area contributed by atoms with Crippen molar-refractivity contribution in [3.05, 3.63) is 0 Å². The normalized spacial score (nSPS) is 30.1. The van der Waals surface area contributed by atoms with E-state index in [-0.39, 0.29) is 29.2 Å². The summed E-state index contributed by atoms with van der Waals surface area (Å²) in [6.07, 6.45) is 0.887. The Hall–Kier alpha value is -0.610. The molecule has 1 fully saturated rings. The Kier molecular flexibility index (Phi) is 3.12. The van der Waals surface area contributed by atoms with Crippen LogP contribution < -0.4 is 11.1 Å². The third-order valence-electron chi connectivity index (χ3n) is 2.95. The van der Waals surface area contributed by atoms with Gasteiger partial charge in [-0.3, -0.25) is 4.79 Å². The zero-order chi connectivity index (χ0) is 11.9. The molecule has 0 aromatic carbocycles. The third-order valence-corrected chi connectivity index (χ3v) is 2.95. The first-order chi connectivity index (χ1) is 6.64. The predicted molar refractivity (Wildman–Crippen MR) is 59.4 cm³/mol. The number of ether oxygens (including phenoxy) is 1. The monoisotopic (exact) mass is 214 g/mol. The Morgan fingerprint density at radius 1 is 1.47 bits per heavy atom. The van der Waals surface area contributed by atoms with Crippen molar-refractivity contribution in [3.8, 4) is 0 Å². The number of hydrogen-bond acceptors (Lipinski definition) is 3. The summed E-state index contributed by atoms with van der Waals surface area (Å²) in [6, 6.07) is -0.151. The summed E-state index contributed by atoms with van der Waals surface area (Å²) >= 11 is 0. The molecule has 2 atom stereocenters. The van der Waals surface area contributed by atoms with E-state index in [4.69, 9.17) is 10.5 Å². The number of carbonyl (C=O) groups excluding carboxylic acids is 1. The molecule has 0 aromatic heterocycles. The molecule has 1 amide bonds. The van der Waals surface area contributed by atoms with Crippen LogP contribution in [0.3, 0.4) is 0 Å². The van der Waals surface area contributed by atoms with Gasteiger partial charge >= 0.3 is 0 Å². The molecule has 1 saturated heterocycles. The number of hydrogen-bond donors (Lipinski definition) is 2. The molecule has 0 spiro atoms. The maximum Gasteiger partial charge on any atom is 0.234 e. The molecular formula is C11H22N2O2. The Balaban J connectivity index is 2.67. The second-order valence-corrected chi connectivity index (χ2v) is 5.51. The standard InChI is InChI=1S/C11H22N2O2/c1-7(9(12)14)13-8-6-10(2,3)15-11(8,4)5/h7-8,13H,6H2,1-5H3,(H2,12,14). The van der Waals surface area contributed by atoms with Crippen LogP contribution >= 0.6 is 0 Å². The first kappa shape index (κ1) is 12.5. The van der Waals surface area contributed by atoms with Crippen molar-refractivity contribution in [1.82, 2.24) is 5.32 Å². The smallest absolute Gasteiger partial charge is 0.234 e. The summed E-state index contributed by atoms with van der Waals surface area (Å²) in [5.41, 5.74) is 4.83. The fourth-order valence-electron chi connectivity index (χ4n) is 2.21. The molecule has 0 radical (unpaired) electrons. The van der Waals surface area contributed by atoms with Crippen molar-refractivity contribution in [3.63, 3.8) is 0 Å². The van der Waals surface area contributed by atoms with Crippen molar-refractivity contribution in [1.29, 1.82) is 0 Å². The van der Waals surface area contributed by atoms with Gasteiger partial charge in [-0.2, -0.15) is 0 Å². The number of primary amides is 1. The first-order valence-electron chi connectivity index (χ1n) is 5.39. The molecule has 2 unspecified atom stereocenters. The van der Waals surface area contributed by atoms with Gasteiger partial charge in [-0.25, -0.2) is 0 Å². The van der Waals surface area contributed by atoms with Crippen LogP contribution in [0.4, 0.5) is 0 Å². The summed E-state index contributed by atoms with van der Waals surface area (Å²) in [5, 5.41) is 3.22. The molecule has 88 valence electrons. The lowest BCUT2D eigenvalue weighted by molar-refractivity contribution is -0.120. The minimum atomic E-state index is -0.324. The topological polar surface area (TPSA) is 64.3 Å². The van der Waals surface area contributed by atoms with Gasteiger partial charge < -0.3 is 15.8 Å². The number of nitrogens with one attached hydrogen (secondary N) is 1. The number of rotatable bonds is 3. The zero-order valence-electron chi connectivity index (χ0n) is 10.3. The molecular weight excluding hydrogens is 192 g/mol. The van der Waals surface area contributed by atoms with E-state index in [0.29, 0.717) is 0 Å². The van der Waals surface area contributed by atoms with Gasteiger partial charge in [-0.1, -0.05) is 0 Å². The zero-order valence-corrected chi connectivity index (χ0v) is 10.3. The van der Waals surface area contributed by atoms with Gasteiger partial charge in [-0.05, 0) is 41.0 Å². The molecule has 15 heavy (non-hydrogen) atoms. The highest BCUT2D eigenvalue weighted by molar-refractivity contribution is 5.79. The largest absolute Gasteiger partial charge is 0.368 e. The molecule has 0 aromatic rings. The minimum absolute atomic E-state index is 0.140. The average molecular weight is 214 g/mol. The molecule has 1 aliphatic heterocycles. The molecule has 1 rings (SSSR count). The number of amides is 1. The van der Waals surface area contributed by atoms with Crippen molar-refractivity contribution in [2.75, 3.05) is 0 Å². The molecule has 1 heterocycles. The lowest BCUT2D eigenvalue weighted by Gasteiger charge is -2.29. The van der Waals surface area contributed by atoms with Crippen LogP contribution in [-0.4, -0.2) is 29.2 Å². The predicted octanol–water partition coefficient (Wildman–Crippen LogP) is 0.796. The van der Waals surface area contributed by atoms with Crippen LogP contribution in [0.2, 0.25) is 0 Å². The van der Waals surface area contributed by atoms with Crippen LogP contribution in [0.1, 0.15) is 41.0 Å². The summed E-state index contributed by atoms with van der Waals surface area (Å²) in [4.78, 5) is 11.0. The van der Waals surface area contributed by atoms with E-state index in [1.165, 1.54) is 0 Å². The Morgan fingerprint density at radius 3 is 2.33 bits per heavy atom. The van der Waals surface area contributed by atoms with Gasteiger partial charge in [0, 0.05) is 6.04 Å². The van der Waals surface area contributed by atoms with Crippen LogP contribution in [0.25, 0.3) is 0 Å². The van der Waals surface area contributed by atoms with Crippen LogP contribution in [0.15, 0.2) is 0 Å². The molecule has 0 aliphatic carbocycles. The van der Waals surface area contributed by atoms with Gasteiger partial charge in [0.25, 0.3) is 0 Å². The summed E-state index contributed by atoms with van der Waals surface area (Å²) in [5.74, 6) is -0.324. The van der Waals surface area contributed by atoms with E-state index in [2.05, 4.69) is 19.2 Å². The van der Waals surface area contributed by atoms with Gasteiger partial charge in [0.05, 0.1) is 17.2 Å². The molecule has 4 nitrogen and oxygen atoms in total. The maximum absolute atomic E-state index is 11.0. The van der Waals surface area contributed by atoms with Gasteiger partial charge in [0.1, 0.15) is 0 Å². The molecule has 0 bridgehead atoms. The SMILES string of the molecule is CC(NC1CC(C)(C)OC1(C)C)C(N)=O. The van der Waals surface area contributed by atoms with E-state index >= 15 is 0 Å². The van der Waals surface area contributed by atoms with Crippen LogP contribution in [-0.2, 0) is 9.53 Å². The Labute approximate surface area is 91.5 Å². The maximum atomic E-state index is 11.0. The van der Waals surface area contributed by atoms with E-state index in [1.807, 2.05) is 13.8 Å². The average Bonchev–Trinajstić information content (AvgIpc) is 2.18. The summed E-state index contributed by atoms with van der Waals surface area (Å²) in [7, 11) is 0. The van der Waals surface area contributed by atoms with Gasteiger partial charge in [0.15, 0.2) is 0 Å². The van der Waals surface area contributed by atoms with E-state index < -0.39 is 0 Å². The van der Waals surface area contributed by atoms with Crippen molar-refractivity contribution in [2.24, 2.45) is 5.73 Å². The molecule has 1 aliphatic rings. The quantitative estimate of drug-likeness (QED) is 0.730. The molecule has 0 saturated carbocycles. The van der Waals surface area contributed by atoms with E-state index in [9.17, 15) is 4.79 Å². The third kappa shape index (κ3) is 2.92. The Morgan fingerprint density at radius 2 is 2.00 bits per heavy atom. The highest BCUT2D eigenvalue weighted by Crippen LogP contribution is 2.37. The van der Waals surface area contributed by atoms with Gasteiger partial charge in [0.2, 0.25) is 5.91 Å². The first-order valence-corrected chi connectivity index (χ1v) is 5.39. The van der Waals surface area contributed by atoms with Crippen LogP contribution in [0, 0.1) is 0 Å². The second kappa shape index (κ2) is 3.76.